The summed E-state index contributed by atoms with van der Waals surface area (Å²) < 4.78 is 18.2. The Morgan fingerprint density at radius 1 is 1.50 bits per heavy atom. The van der Waals surface area contributed by atoms with E-state index in [1.54, 1.807) is 0 Å². The van der Waals surface area contributed by atoms with Gasteiger partial charge in [-0.2, -0.15) is 0 Å². The van der Waals surface area contributed by atoms with E-state index in [0.717, 1.165) is 0 Å². The number of rotatable bonds is 1. The molecular formula is CH7NaO5S. The summed E-state index contributed by atoms with van der Waals surface area (Å²) in [5.41, 5.74) is 0. The molecule has 0 spiro atoms. The first-order valence-corrected chi connectivity index (χ1v) is 2.18. The SMILES string of the molecule is O.O.O=S([O-])CO.[Na+]. The average Bonchev–Trinajstić information content (AvgIpc) is 1.38. The normalized spacial score (nSPS) is 9.25. The van der Waals surface area contributed by atoms with E-state index in [9.17, 15) is 0 Å². The molecule has 0 aromatic rings. The largest absolute Gasteiger partial charge is 1.00 e. The molecule has 0 amide bonds. The van der Waals surface area contributed by atoms with E-state index in [0.29, 0.717) is 0 Å². The molecule has 7 heteroatoms. The molecule has 0 saturated carbocycles. The van der Waals surface area contributed by atoms with E-state index in [1.807, 2.05) is 0 Å². The fourth-order valence-electron chi connectivity index (χ4n) is 0. The zero-order valence-electron chi connectivity index (χ0n) is 4.38. The van der Waals surface area contributed by atoms with Gasteiger partial charge in [-0.1, -0.05) is 0 Å². The first kappa shape index (κ1) is 23.0. The predicted octanol–water partition coefficient (Wildman–Crippen LogP) is -5.83. The second-order valence-corrected chi connectivity index (χ2v) is 1.30. The van der Waals surface area contributed by atoms with Crippen LogP contribution in [0.25, 0.3) is 0 Å². The molecule has 0 heterocycles. The molecule has 8 heavy (non-hydrogen) atoms. The van der Waals surface area contributed by atoms with Gasteiger partial charge in [-0.25, -0.2) is 0 Å². The third-order valence-electron chi connectivity index (χ3n) is 0.105. The molecule has 0 fully saturated rings. The van der Waals surface area contributed by atoms with Crippen LogP contribution in [0.2, 0.25) is 0 Å². The topological polar surface area (TPSA) is 123 Å². The van der Waals surface area contributed by atoms with Gasteiger partial charge in [0.05, 0.1) is 0 Å². The first-order valence-electron chi connectivity index (χ1n) is 0.938. The van der Waals surface area contributed by atoms with Gasteiger partial charge < -0.3 is 20.6 Å². The van der Waals surface area contributed by atoms with E-state index in [1.165, 1.54) is 0 Å². The van der Waals surface area contributed by atoms with Crippen LogP contribution in [0.3, 0.4) is 0 Å². The monoisotopic (exact) mass is 154 g/mol. The third kappa shape index (κ3) is 28.1. The number of hydrogen-bond donors (Lipinski definition) is 1. The molecule has 0 aromatic heterocycles. The number of hydrogen-bond acceptors (Lipinski definition) is 3. The Morgan fingerprint density at radius 2 is 1.62 bits per heavy atom. The molecule has 1 atom stereocenters. The van der Waals surface area contributed by atoms with Crippen LogP contribution in [-0.2, 0) is 11.1 Å². The van der Waals surface area contributed by atoms with Crippen molar-refractivity contribution in [2.75, 3.05) is 5.94 Å². The van der Waals surface area contributed by atoms with Crippen LogP contribution in [0, 0.1) is 0 Å². The Kier molecular flexibility index (Phi) is 45.2. The van der Waals surface area contributed by atoms with Gasteiger partial charge in [-0.05, 0) is 11.1 Å². The van der Waals surface area contributed by atoms with Crippen molar-refractivity contribution in [3.63, 3.8) is 0 Å². The molecule has 5 nitrogen and oxygen atoms in total. The van der Waals surface area contributed by atoms with Crippen molar-refractivity contribution in [3.8, 4) is 0 Å². The molecule has 0 aliphatic carbocycles. The van der Waals surface area contributed by atoms with Crippen molar-refractivity contribution < 1.29 is 54.4 Å². The van der Waals surface area contributed by atoms with Gasteiger partial charge in [0.25, 0.3) is 0 Å². The fourth-order valence-corrected chi connectivity index (χ4v) is 0. The summed E-state index contributed by atoms with van der Waals surface area (Å²) in [6, 6.07) is 0. The summed E-state index contributed by atoms with van der Waals surface area (Å²) in [6.07, 6.45) is 0. The molecule has 0 saturated heterocycles. The van der Waals surface area contributed by atoms with Crippen molar-refractivity contribution in [2.24, 2.45) is 0 Å². The quantitative estimate of drug-likeness (QED) is 0.298. The Morgan fingerprint density at radius 3 is 1.62 bits per heavy atom. The summed E-state index contributed by atoms with van der Waals surface area (Å²) in [5, 5.41) is 7.53. The summed E-state index contributed by atoms with van der Waals surface area (Å²) in [7, 11) is 0. The smallest absolute Gasteiger partial charge is 0.771 e. The van der Waals surface area contributed by atoms with Crippen LogP contribution in [0.1, 0.15) is 0 Å². The molecule has 0 rings (SSSR count). The maximum atomic E-state index is 9.12. The summed E-state index contributed by atoms with van der Waals surface area (Å²) >= 11 is -2.27. The predicted molar refractivity (Wildman–Crippen MR) is 23.2 cm³/mol. The second kappa shape index (κ2) is 15.7. The van der Waals surface area contributed by atoms with Gasteiger partial charge in [-0.3, -0.25) is 4.21 Å². The molecule has 0 bridgehead atoms. The molecular weight excluding hydrogens is 147 g/mol. The van der Waals surface area contributed by atoms with Crippen LogP contribution in [0.15, 0.2) is 0 Å². The summed E-state index contributed by atoms with van der Waals surface area (Å²) in [6.45, 7) is 0. The van der Waals surface area contributed by atoms with Gasteiger partial charge in [0.1, 0.15) is 5.94 Å². The molecule has 48 valence electrons. The number of aliphatic hydroxyl groups excluding tert-OH is 1. The zero-order valence-corrected chi connectivity index (χ0v) is 7.20. The Hall–Kier alpha value is 0.990. The van der Waals surface area contributed by atoms with Crippen LogP contribution >= 0.6 is 0 Å². The second-order valence-electron chi connectivity index (χ2n) is 0.433. The molecule has 0 aliphatic heterocycles. The molecule has 1 unspecified atom stereocenters. The fraction of sp³-hybridized carbons (Fsp3) is 1.00. The third-order valence-corrected chi connectivity index (χ3v) is 0.316. The van der Waals surface area contributed by atoms with Crippen LogP contribution in [-0.4, -0.2) is 30.8 Å². The van der Waals surface area contributed by atoms with E-state index in [4.69, 9.17) is 13.9 Å². The van der Waals surface area contributed by atoms with E-state index in [-0.39, 0.29) is 40.5 Å². The Labute approximate surface area is 71.3 Å². The van der Waals surface area contributed by atoms with Crippen molar-refractivity contribution in [1.82, 2.24) is 0 Å². The van der Waals surface area contributed by atoms with Gasteiger partial charge in [-0.15, -0.1) is 0 Å². The minimum atomic E-state index is -2.27. The van der Waals surface area contributed by atoms with Crippen molar-refractivity contribution in [2.45, 2.75) is 0 Å². The first-order chi connectivity index (χ1) is 2.27. The minimum absolute atomic E-state index is 0. The van der Waals surface area contributed by atoms with Gasteiger partial charge in [0.15, 0.2) is 0 Å². The summed E-state index contributed by atoms with van der Waals surface area (Å²) in [4.78, 5) is 0. The van der Waals surface area contributed by atoms with Crippen LogP contribution < -0.4 is 29.6 Å². The molecule has 0 radical (unpaired) electrons. The maximum Gasteiger partial charge on any atom is 1.00 e. The van der Waals surface area contributed by atoms with Crippen molar-refractivity contribution >= 4 is 11.1 Å². The van der Waals surface area contributed by atoms with Gasteiger partial charge in [0, 0.05) is 0 Å². The van der Waals surface area contributed by atoms with E-state index < -0.39 is 17.0 Å². The van der Waals surface area contributed by atoms with Crippen LogP contribution in [0.4, 0.5) is 0 Å². The van der Waals surface area contributed by atoms with Crippen molar-refractivity contribution in [1.29, 1.82) is 0 Å². The standard InChI is InChI=1S/CH4O3S.Na.2H2O/c2-1-5(3)4;;;/h2H,1H2,(H,3,4);;2*1H2/q;+1;;/p-1. The van der Waals surface area contributed by atoms with Gasteiger partial charge in [0.2, 0.25) is 0 Å². The van der Waals surface area contributed by atoms with Crippen molar-refractivity contribution in [3.05, 3.63) is 0 Å². The van der Waals surface area contributed by atoms with E-state index >= 15 is 0 Å². The Balaban J connectivity index is -0.0000000267. The minimum Gasteiger partial charge on any atom is -0.771 e. The van der Waals surface area contributed by atoms with Gasteiger partial charge >= 0.3 is 29.6 Å². The zero-order chi connectivity index (χ0) is 4.28. The molecule has 0 aromatic carbocycles. The average molecular weight is 154 g/mol. The summed E-state index contributed by atoms with van der Waals surface area (Å²) in [5.74, 6) is -0.778. The Bertz CT molecular complexity index is 47.7. The molecule has 5 N–H and O–H groups in total. The maximum absolute atomic E-state index is 9.12. The number of aliphatic hydroxyl groups is 1. The van der Waals surface area contributed by atoms with Crippen LogP contribution in [0.5, 0.6) is 0 Å². The molecule has 0 aliphatic rings. The van der Waals surface area contributed by atoms with E-state index in [2.05, 4.69) is 0 Å².